The summed E-state index contributed by atoms with van der Waals surface area (Å²) in [7, 11) is 0. The van der Waals surface area contributed by atoms with Crippen molar-refractivity contribution in [1.29, 1.82) is 0 Å². The van der Waals surface area contributed by atoms with Gasteiger partial charge in [0.25, 0.3) is 5.91 Å². The van der Waals surface area contributed by atoms with E-state index in [4.69, 9.17) is 17.3 Å². The Hall–Kier alpha value is -1.53. The maximum absolute atomic E-state index is 11.7. The lowest BCUT2D eigenvalue weighted by atomic mass is 10.2. The molecule has 0 saturated carbocycles. The average molecular weight is 284 g/mol. The Bertz CT molecular complexity index is 516. The van der Waals surface area contributed by atoms with Gasteiger partial charge in [0, 0.05) is 17.1 Å². The molecule has 1 aliphatic heterocycles. The van der Waals surface area contributed by atoms with Crippen molar-refractivity contribution in [3.05, 3.63) is 29.3 Å². The van der Waals surface area contributed by atoms with E-state index < -0.39 is 5.25 Å². The third-order valence-corrected chi connectivity index (χ3v) is 3.50. The molecule has 1 aromatic rings. The normalized spacial score (nSPS) is 18.6. The third kappa shape index (κ3) is 3.24. The van der Waals surface area contributed by atoms with Gasteiger partial charge in [-0.2, -0.15) is 4.99 Å². The topological polar surface area (TPSA) is 84.5 Å². The van der Waals surface area contributed by atoms with Gasteiger partial charge in [0.1, 0.15) is 5.25 Å². The van der Waals surface area contributed by atoms with Crippen LogP contribution in [0.4, 0.5) is 5.69 Å². The molecule has 5 nitrogen and oxygen atoms in total. The molecular formula is C11H10ClN3O2S. The summed E-state index contributed by atoms with van der Waals surface area (Å²) in [6, 6.07) is 6.73. The minimum atomic E-state index is -0.516. The van der Waals surface area contributed by atoms with E-state index in [1.807, 2.05) is 0 Å². The summed E-state index contributed by atoms with van der Waals surface area (Å²) in [5.41, 5.74) is 6.04. The van der Waals surface area contributed by atoms with Gasteiger partial charge in [-0.05, 0) is 24.3 Å². The number of benzene rings is 1. The number of amidine groups is 1. The quantitative estimate of drug-likeness (QED) is 0.883. The Morgan fingerprint density at radius 1 is 1.44 bits per heavy atom. The van der Waals surface area contributed by atoms with Gasteiger partial charge in [0.05, 0.1) is 0 Å². The fraction of sp³-hybridized carbons (Fsp3) is 0.182. The molecule has 0 spiro atoms. The molecule has 1 atom stereocenters. The number of nitrogens with zero attached hydrogens (tertiary/aromatic N) is 1. The summed E-state index contributed by atoms with van der Waals surface area (Å²) in [4.78, 5) is 26.6. The number of aliphatic imine (C=N–C) groups is 1. The van der Waals surface area contributed by atoms with E-state index in [1.165, 1.54) is 0 Å². The van der Waals surface area contributed by atoms with Crippen molar-refractivity contribution >= 4 is 46.0 Å². The molecule has 3 N–H and O–H groups in total. The predicted molar refractivity (Wildman–Crippen MR) is 72.7 cm³/mol. The van der Waals surface area contributed by atoms with E-state index in [2.05, 4.69) is 10.3 Å². The molecule has 0 radical (unpaired) electrons. The average Bonchev–Trinajstić information content (AvgIpc) is 2.61. The number of hydrogen-bond donors (Lipinski definition) is 2. The summed E-state index contributed by atoms with van der Waals surface area (Å²) in [6.07, 6.45) is 0.0519. The molecule has 7 heteroatoms. The van der Waals surface area contributed by atoms with Crippen LogP contribution in [0, 0.1) is 0 Å². The fourth-order valence-corrected chi connectivity index (χ4v) is 2.39. The molecule has 0 unspecified atom stereocenters. The number of nitrogens with one attached hydrogen (secondary N) is 1. The molecule has 0 aromatic heterocycles. The number of amides is 2. The van der Waals surface area contributed by atoms with Crippen molar-refractivity contribution < 1.29 is 9.59 Å². The smallest absolute Gasteiger partial charge is 0.262 e. The van der Waals surface area contributed by atoms with Crippen LogP contribution in [0.25, 0.3) is 0 Å². The van der Waals surface area contributed by atoms with Crippen molar-refractivity contribution in [3.63, 3.8) is 0 Å². The number of hydrogen-bond acceptors (Lipinski definition) is 4. The molecule has 1 aliphatic rings. The first-order valence-corrected chi connectivity index (χ1v) is 6.40. The molecular weight excluding hydrogens is 274 g/mol. The highest BCUT2D eigenvalue weighted by Crippen LogP contribution is 2.23. The zero-order chi connectivity index (χ0) is 13.1. The first-order chi connectivity index (χ1) is 8.54. The van der Waals surface area contributed by atoms with Crippen LogP contribution in [0.2, 0.25) is 5.02 Å². The molecule has 1 heterocycles. The maximum Gasteiger partial charge on any atom is 0.262 e. The largest absolute Gasteiger partial charge is 0.378 e. The van der Waals surface area contributed by atoms with Crippen LogP contribution in [0.15, 0.2) is 29.3 Å². The first-order valence-electron chi connectivity index (χ1n) is 5.14. The second kappa shape index (κ2) is 5.41. The Kier molecular flexibility index (Phi) is 3.88. The monoisotopic (exact) mass is 283 g/mol. The highest BCUT2D eigenvalue weighted by Gasteiger charge is 2.29. The van der Waals surface area contributed by atoms with Crippen LogP contribution in [-0.4, -0.2) is 22.2 Å². The molecule has 0 saturated heterocycles. The summed E-state index contributed by atoms with van der Waals surface area (Å²) in [6.45, 7) is 0. The third-order valence-electron chi connectivity index (χ3n) is 2.26. The van der Waals surface area contributed by atoms with Gasteiger partial charge in [-0.3, -0.25) is 9.59 Å². The maximum atomic E-state index is 11.7. The SMILES string of the molecule is NC1=NC(=O)[C@@H](CC(=O)Nc2ccc(Cl)cc2)S1. The van der Waals surface area contributed by atoms with Crippen LogP contribution >= 0.6 is 23.4 Å². The van der Waals surface area contributed by atoms with E-state index in [1.54, 1.807) is 24.3 Å². The van der Waals surface area contributed by atoms with Crippen molar-refractivity contribution in [2.24, 2.45) is 10.7 Å². The summed E-state index contributed by atoms with van der Waals surface area (Å²) < 4.78 is 0. The van der Waals surface area contributed by atoms with Gasteiger partial charge >= 0.3 is 0 Å². The van der Waals surface area contributed by atoms with E-state index >= 15 is 0 Å². The number of nitrogens with two attached hydrogens (primary N) is 1. The number of anilines is 1. The van der Waals surface area contributed by atoms with Gasteiger partial charge in [0.2, 0.25) is 5.91 Å². The summed E-state index contributed by atoms with van der Waals surface area (Å²) in [5, 5.41) is 2.97. The zero-order valence-electron chi connectivity index (χ0n) is 9.22. The lowest BCUT2D eigenvalue weighted by Gasteiger charge is -2.07. The van der Waals surface area contributed by atoms with Crippen LogP contribution < -0.4 is 11.1 Å². The van der Waals surface area contributed by atoms with Crippen LogP contribution in [0.1, 0.15) is 6.42 Å². The second-order valence-corrected chi connectivity index (χ2v) is 5.31. The minimum Gasteiger partial charge on any atom is -0.378 e. The molecule has 2 rings (SSSR count). The summed E-state index contributed by atoms with van der Waals surface area (Å²) >= 11 is 6.84. The van der Waals surface area contributed by atoms with Gasteiger partial charge < -0.3 is 11.1 Å². The fourth-order valence-electron chi connectivity index (χ4n) is 1.45. The lowest BCUT2D eigenvalue weighted by Crippen LogP contribution is -2.21. The van der Waals surface area contributed by atoms with Crippen LogP contribution in [0.5, 0.6) is 0 Å². The van der Waals surface area contributed by atoms with Crippen molar-refractivity contribution in [2.75, 3.05) is 5.32 Å². The van der Waals surface area contributed by atoms with Gasteiger partial charge in [0.15, 0.2) is 5.17 Å². The highest BCUT2D eigenvalue weighted by molar-refractivity contribution is 8.15. The predicted octanol–water partition coefficient (Wildman–Crippen LogP) is 1.63. The molecule has 18 heavy (non-hydrogen) atoms. The Morgan fingerprint density at radius 2 is 2.11 bits per heavy atom. The van der Waals surface area contributed by atoms with Gasteiger partial charge in [-0.15, -0.1) is 0 Å². The van der Waals surface area contributed by atoms with E-state index in [9.17, 15) is 9.59 Å². The van der Waals surface area contributed by atoms with E-state index in [0.29, 0.717) is 10.7 Å². The van der Waals surface area contributed by atoms with Crippen LogP contribution in [-0.2, 0) is 9.59 Å². The van der Waals surface area contributed by atoms with Gasteiger partial charge in [-0.25, -0.2) is 0 Å². The van der Waals surface area contributed by atoms with Crippen molar-refractivity contribution in [2.45, 2.75) is 11.7 Å². The van der Waals surface area contributed by atoms with Crippen LogP contribution in [0.3, 0.4) is 0 Å². The lowest BCUT2D eigenvalue weighted by molar-refractivity contribution is -0.121. The molecule has 0 fully saturated rings. The van der Waals surface area contributed by atoms with E-state index in [0.717, 1.165) is 11.8 Å². The second-order valence-electron chi connectivity index (χ2n) is 3.65. The molecule has 0 aliphatic carbocycles. The molecule has 0 bridgehead atoms. The Morgan fingerprint density at radius 3 is 2.67 bits per heavy atom. The number of halogens is 1. The molecule has 1 aromatic carbocycles. The summed E-state index contributed by atoms with van der Waals surface area (Å²) in [5.74, 6) is -0.614. The standard InChI is InChI=1S/C11H10ClN3O2S/c12-6-1-3-7(4-2-6)14-9(16)5-8-10(17)15-11(13)18-8/h1-4,8H,5H2,(H,14,16)(H2,13,15,17)/t8-/m1/s1. The minimum absolute atomic E-state index is 0.0519. The Labute approximate surface area is 113 Å². The zero-order valence-corrected chi connectivity index (χ0v) is 10.8. The first kappa shape index (κ1) is 12.9. The van der Waals surface area contributed by atoms with E-state index in [-0.39, 0.29) is 23.4 Å². The number of carbonyl (C=O) groups excluding carboxylic acids is 2. The number of carbonyl (C=O) groups is 2. The Balaban J connectivity index is 1.90. The number of rotatable bonds is 3. The highest BCUT2D eigenvalue weighted by atomic mass is 35.5. The van der Waals surface area contributed by atoms with Crippen molar-refractivity contribution in [3.8, 4) is 0 Å². The van der Waals surface area contributed by atoms with Gasteiger partial charge in [-0.1, -0.05) is 23.4 Å². The molecule has 2 amide bonds. The van der Waals surface area contributed by atoms with Crippen molar-refractivity contribution in [1.82, 2.24) is 0 Å². The molecule has 94 valence electrons. The number of thioether (sulfide) groups is 1.